The lowest BCUT2D eigenvalue weighted by Crippen LogP contribution is -2.21. The first-order chi connectivity index (χ1) is 11.4. The molecule has 0 amide bonds. The van der Waals surface area contributed by atoms with Gasteiger partial charge in [0.25, 0.3) is 0 Å². The van der Waals surface area contributed by atoms with Gasteiger partial charge in [0, 0.05) is 20.1 Å². The second-order valence-corrected chi connectivity index (χ2v) is 8.57. The predicted molar refractivity (Wildman–Crippen MR) is 98.3 cm³/mol. The van der Waals surface area contributed by atoms with Crippen LogP contribution in [0.15, 0.2) is 0 Å². The van der Waals surface area contributed by atoms with Gasteiger partial charge in [-0.05, 0) is 12.8 Å². The van der Waals surface area contributed by atoms with Gasteiger partial charge in [0.1, 0.15) is 0 Å². The summed E-state index contributed by atoms with van der Waals surface area (Å²) in [5, 5.41) is -0.265. The predicted octanol–water partition coefficient (Wildman–Crippen LogP) is 4.56. The number of thioether (sulfide) groups is 1. The van der Waals surface area contributed by atoms with Crippen molar-refractivity contribution >= 4 is 24.7 Å². The van der Waals surface area contributed by atoms with Crippen LogP contribution in [0.1, 0.15) is 65.2 Å². The number of rotatable bonds is 16. The number of carbonyl (C=O) groups is 1. The number of hydrogen-bond donors (Lipinski definition) is 1. The lowest BCUT2D eigenvalue weighted by atomic mass is 10.1. The fourth-order valence-corrected chi connectivity index (χ4v) is 3.56. The van der Waals surface area contributed by atoms with Gasteiger partial charge in [-0.2, -0.15) is 0 Å². The van der Waals surface area contributed by atoms with Gasteiger partial charge in [-0.1, -0.05) is 57.7 Å². The van der Waals surface area contributed by atoms with Crippen LogP contribution in [0.3, 0.4) is 0 Å². The zero-order chi connectivity index (χ0) is 18.3. The van der Waals surface area contributed by atoms with E-state index in [1.165, 1.54) is 25.7 Å². The molecule has 0 bridgehead atoms. The van der Waals surface area contributed by atoms with Crippen LogP contribution in [-0.4, -0.2) is 42.2 Å². The van der Waals surface area contributed by atoms with Crippen molar-refractivity contribution in [1.29, 1.82) is 0 Å². The highest BCUT2D eigenvalue weighted by atomic mass is 32.2. The third-order valence-corrected chi connectivity index (χ3v) is 5.36. The zero-order valence-corrected chi connectivity index (χ0v) is 16.9. The molecule has 0 radical (unpaired) electrons. The zero-order valence-electron chi connectivity index (χ0n) is 15.2. The molecule has 0 fully saturated rings. The van der Waals surface area contributed by atoms with Gasteiger partial charge in [-0.3, -0.25) is 13.8 Å². The molecule has 2 atom stereocenters. The van der Waals surface area contributed by atoms with E-state index in [-0.39, 0.29) is 17.0 Å². The van der Waals surface area contributed by atoms with Crippen LogP contribution in [0, 0.1) is 0 Å². The SMILES string of the molecule is CCCCCCCCOC[C@H](COP(=O)(O)OC)SC(=O)CCC. The van der Waals surface area contributed by atoms with E-state index in [2.05, 4.69) is 11.4 Å². The van der Waals surface area contributed by atoms with E-state index in [4.69, 9.17) is 9.26 Å². The summed E-state index contributed by atoms with van der Waals surface area (Å²) in [6.45, 7) is 5.02. The quantitative estimate of drug-likeness (QED) is 0.309. The van der Waals surface area contributed by atoms with Gasteiger partial charge in [0.2, 0.25) is 0 Å². The summed E-state index contributed by atoms with van der Waals surface area (Å²) in [6.07, 6.45) is 8.36. The van der Waals surface area contributed by atoms with Crippen LogP contribution in [0.25, 0.3) is 0 Å². The van der Waals surface area contributed by atoms with Crippen molar-refractivity contribution in [3.8, 4) is 0 Å². The molecule has 0 spiro atoms. The summed E-state index contributed by atoms with van der Waals surface area (Å²) in [5.74, 6) is 0. The van der Waals surface area contributed by atoms with E-state index in [0.717, 1.165) is 38.1 Å². The molecular formula is C16H33O6PS. The summed E-state index contributed by atoms with van der Waals surface area (Å²) in [4.78, 5) is 21.1. The second-order valence-electron chi connectivity index (χ2n) is 5.65. The molecule has 6 nitrogen and oxygen atoms in total. The Morgan fingerprint density at radius 3 is 2.38 bits per heavy atom. The van der Waals surface area contributed by atoms with E-state index >= 15 is 0 Å². The van der Waals surface area contributed by atoms with E-state index in [1.807, 2.05) is 6.92 Å². The summed E-state index contributed by atoms with van der Waals surface area (Å²) < 4.78 is 26.3. The molecule has 24 heavy (non-hydrogen) atoms. The minimum atomic E-state index is -4.03. The van der Waals surface area contributed by atoms with Crippen LogP contribution in [0.2, 0.25) is 0 Å². The largest absolute Gasteiger partial charge is 0.471 e. The molecule has 0 saturated heterocycles. The minimum Gasteiger partial charge on any atom is -0.380 e. The highest BCUT2D eigenvalue weighted by Crippen LogP contribution is 2.42. The van der Waals surface area contributed by atoms with Crippen molar-refractivity contribution in [3.05, 3.63) is 0 Å². The third-order valence-electron chi connectivity index (χ3n) is 3.35. The molecule has 1 unspecified atom stereocenters. The van der Waals surface area contributed by atoms with Crippen molar-refractivity contribution in [2.75, 3.05) is 26.9 Å². The van der Waals surface area contributed by atoms with Gasteiger partial charge in [0.05, 0.1) is 18.5 Å². The maximum atomic E-state index is 11.8. The lowest BCUT2D eigenvalue weighted by Gasteiger charge is -2.17. The van der Waals surface area contributed by atoms with E-state index in [9.17, 15) is 14.3 Å². The fourth-order valence-electron chi connectivity index (χ4n) is 1.99. The van der Waals surface area contributed by atoms with Crippen LogP contribution in [0.4, 0.5) is 0 Å². The molecule has 8 heteroatoms. The Kier molecular flexibility index (Phi) is 15.4. The molecule has 0 aromatic carbocycles. The topological polar surface area (TPSA) is 82.1 Å². The van der Waals surface area contributed by atoms with Crippen LogP contribution >= 0.6 is 19.6 Å². The Labute approximate surface area is 150 Å². The monoisotopic (exact) mass is 384 g/mol. The van der Waals surface area contributed by atoms with Gasteiger partial charge < -0.3 is 9.63 Å². The molecule has 0 heterocycles. The van der Waals surface area contributed by atoms with Crippen LogP contribution in [0.5, 0.6) is 0 Å². The summed E-state index contributed by atoms with van der Waals surface area (Å²) in [5.41, 5.74) is 0. The van der Waals surface area contributed by atoms with Gasteiger partial charge in [0.15, 0.2) is 5.12 Å². The van der Waals surface area contributed by atoms with Crippen LogP contribution in [-0.2, 0) is 23.1 Å². The molecular weight excluding hydrogens is 351 g/mol. The first kappa shape index (κ1) is 24.1. The van der Waals surface area contributed by atoms with Gasteiger partial charge >= 0.3 is 7.82 Å². The smallest absolute Gasteiger partial charge is 0.380 e. The molecule has 0 aromatic heterocycles. The second kappa shape index (κ2) is 15.4. The normalized spacial score (nSPS) is 15.2. The maximum Gasteiger partial charge on any atom is 0.471 e. The van der Waals surface area contributed by atoms with E-state index in [0.29, 0.717) is 19.6 Å². The summed E-state index contributed by atoms with van der Waals surface area (Å²) in [7, 11) is -2.92. The summed E-state index contributed by atoms with van der Waals surface area (Å²) in [6, 6.07) is 0. The average Bonchev–Trinajstić information content (AvgIpc) is 2.55. The Balaban J connectivity index is 4.06. The van der Waals surface area contributed by atoms with Gasteiger partial charge in [-0.15, -0.1) is 0 Å². The number of hydrogen-bond acceptors (Lipinski definition) is 6. The van der Waals surface area contributed by atoms with Crippen LogP contribution < -0.4 is 0 Å². The molecule has 0 saturated carbocycles. The number of ether oxygens (including phenoxy) is 1. The average molecular weight is 384 g/mol. The number of unbranched alkanes of at least 4 members (excludes halogenated alkanes) is 5. The molecule has 0 rings (SSSR count). The Morgan fingerprint density at radius 1 is 1.08 bits per heavy atom. The molecule has 0 aromatic rings. The Hall–Kier alpha value is 0.0900. The number of phosphoric acid groups is 1. The molecule has 0 aliphatic carbocycles. The minimum absolute atomic E-state index is 0.0412. The van der Waals surface area contributed by atoms with Crippen molar-refractivity contribution < 1.29 is 28.0 Å². The molecule has 0 aliphatic rings. The van der Waals surface area contributed by atoms with E-state index < -0.39 is 7.82 Å². The summed E-state index contributed by atoms with van der Waals surface area (Å²) >= 11 is 1.12. The first-order valence-electron chi connectivity index (χ1n) is 8.75. The molecule has 144 valence electrons. The van der Waals surface area contributed by atoms with E-state index in [1.54, 1.807) is 0 Å². The third kappa shape index (κ3) is 14.4. The lowest BCUT2D eigenvalue weighted by molar-refractivity contribution is -0.111. The number of phosphoric ester groups is 1. The van der Waals surface area contributed by atoms with Crippen molar-refractivity contribution in [1.82, 2.24) is 0 Å². The highest BCUT2D eigenvalue weighted by Gasteiger charge is 2.23. The fraction of sp³-hybridized carbons (Fsp3) is 0.938. The standard InChI is InChI=1S/C16H33O6PS/c1-4-6-7-8-9-10-12-21-13-15(24-16(17)11-5-2)14-22-23(18,19)20-3/h15H,4-14H2,1-3H3,(H,18,19)/t15-/m1/s1. The van der Waals surface area contributed by atoms with Crippen molar-refractivity contribution in [2.24, 2.45) is 0 Å². The van der Waals surface area contributed by atoms with Crippen molar-refractivity contribution in [3.63, 3.8) is 0 Å². The highest BCUT2D eigenvalue weighted by molar-refractivity contribution is 8.14. The Bertz CT molecular complexity index is 366. The molecule has 1 N–H and O–H groups in total. The number of carbonyl (C=O) groups excluding carboxylic acids is 1. The Morgan fingerprint density at radius 2 is 1.75 bits per heavy atom. The maximum absolute atomic E-state index is 11.8. The first-order valence-corrected chi connectivity index (χ1v) is 11.1. The molecule has 0 aliphatic heterocycles. The van der Waals surface area contributed by atoms with Crippen molar-refractivity contribution in [2.45, 2.75) is 70.5 Å². The van der Waals surface area contributed by atoms with Gasteiger partial charge in [-0.25, -0.2) is 4.57 Å².